The van der Waals surface area contributed by atoms with E-state index in [2.05, 4.69) is 49.7 Å². The monoisotopic (exact) mass is 543 g/mol. The fraction of sp³-hybridized carbons (Fsp3) is 0.167. The number of rotatable bonds is 8. The number of carbonyl (C=O) groups is 1. The number of benzene rings is 3. The summed E-state index contributed by atoms with van der Waals surface area (Å²) in [5.74, 6) is 1.68. The summed E-state index contributed by atoms with van der Waals surface area (Å²) in [6.07, 6.45) is 0.818. The number of ether oxygens (including phenoxy) is 1. The Morgan fingerprint density at radius 3 is 2.42 bits per heavy atom. The van der Waals surface area contributed by atoms with E-state index in [9.17, 15) is 4.79 Å². The number of hydrogen-bond acceptors (Lipinski definition) is 5. The first kappa shape index (κ1) is 21.6. The molecule has 31 heavy (non-hydrogen) atoms. The summed E-state index contributed by atoms with van der Waals surface area (Å²) in [6, 6.07) is 21.7. The van der Waals surface area contributed by atoms with Crippen molar-refractivity contribution in [3.05, 3.63) is 75.9 Å². The standard InChI is InChI=1S/C24H22IN3O2S/c1-30-19-12-10-17(11-13-19)16-6-8-18(9-7-16)24(29)27-15-3-14-26-23-20-4-2-5-21(25)22(20)31-28-23/h2,4-13H,3,14-15H2,1H3,(H,26,28)(H,27,29). The highest BCUT2D eigenvalue weighted by Crippen LogP contribution is 2.30. The van der Waals surface area contributed by atoms with Gasteiger partial charge in [0.25, 0.3) is 5.91 Å². The highest BCUT2D eigenvalue weighted by atomic mass is 127. The Bertz CT molecular complexity index is 1170. The highest BCUT2D eigenvalue weighted by molar-refractivity contribution is 14.1. The number of aromatic nitrogens is 1. The molecule has 1 heterocycles. The fourth-order valence-corrected chi connectivity index (χ4v) is 4.81. The second kappa shape index (κ2) is 10.1. The molecule has 0 fully saturated rings. The van der Waals surface area contributed by atoms with Crippen molar-refractivity contribution in [2.75, 3.05) is 25.5 Å². The van der Waals surface area contributed by atoms with Crippen LogP contribution >= 0.6 is 34.1 Å². The molecule has 0 aliphatic carbocycles. The zero-order valence-corrected chi connectivity index (χ0v) is 20.0. The highest BCUT2D eigenvalue weighted by Gasteiger charge is 2.08. The molecule has 0 spiro atoms. The molecule has 4 rings (SSSR count). The lowest BCUT2D eigenvalue weighted by molar-refractivity contribution is 0.0953. The van der Waals surface area contributed by atoms with Crippen LogP contribution in [-0.4, -0.2) is 30.5 Å². The maximum Gasteiger partial charge on any atom is 0.251 e. The van der Waals surface area contributed by atoms with Gasteiger partial charge in [0.1, 0.15) is 11.6 Å². The van der Waals surface area contributed by atoms with Gasteiger partial charge in [-0.1, -0.05) is 30.3 Å². The first-order valence-corrected chi connectivity index (χ1v) is 11.8. The number of methoxy groups -OCH3 is 1. The van der Waals surface area contributed by atoms with E-state index in [0.29, 0.717) is 12.1 Å². The van der Waals surface area contributed by atoms with E-state index in [0.717, 1.165) is 41.0 Å². The van der Waals surface area contributed by atoms with Crippen LogP contribution in [-0.2, 0) is 0 Å². The molecule has 1 aromatic heterocycles. The number of amides is 1. The summed E-state index contributed by atoms with van der Waals surface area (Å²) < 4.78 is 12.1. The molecule has 1 amide bonds. The van der Waals surface area contributed by atoms with E-state index in [-0.39, 0.29) is 5.91 Å². The van der Waals surface area contributed by atoms with Gasteiger partial charge in [0, 0.05) is 27.6 Å². The molecule has 0 saturated carbocycles. The molecule has 0 atom stereocenters. The molecular formula is C24H22IN3O2S. The minimum absolute atomic E-state index is 0.0602. The minimum Gasteiger partial charge on any atom is -0.497 e. The van der Waals surface area contributed by atoms with E-state index < -0.39 is 0 Å². The van der Waals surface area contributed by atoms with E-state index in [4.69, 9.17) is 4.74 Å². The van der Waals surface area contributed by atoms with Gasteiger partial charge in [-0.15, -0.1) is 0 Å². The van der Waals surface area contributed by atoms with Crippen LogP contribution in [0.1, 0.15) is 16.8 Å². The van der Waals surface area contributed by atoms with Crippen LogP contribution in [0, 0.1) is 3.57 Å². The molecule has 0 aliphatic rings. The molecule has 158 valence electrons. The van der Waals surface area contributed by atoms with Crippen LogP contribution in [0.25, 0.3) is 21.2 Å². The summed E-state index contributed by atoms with van der Waals surface area (Å²) in [4.78, 5) is 12.4. The number of nitrogens with zero attached hydrogens (tertiary/aromatic N) is 1. The van der Waals surface area contributed by atoms with Crippen LogP contribution in [0.3, 0.4) is 0 Å². The zero-order chi connectivity index (χ0) is 21.6. The van der Waals surface area contributed by atoms with Crippen LogP contribution in [0.5, 0.6) is 5.75 Å². The van der Waals surface area contributed by atoms with Crippen molar-refractivity contribution < 1.29 is 9.53 Å². The first-order chi connectivity index (χ1) is 15.2. The summed E-state index contributed by atoms with van der Waals surface area (Å²) in [5.41, 5.74) is 2.81. The summed E-state index contributed by atoms with van der Waals surface area (Å²) >= 11 is 3.85. The third-order valence-corrected chi connectivity index (χ3v) is 7.11. The SMILES string of the molecule is COc1ccc(-c2ccc(C(=O)NCCCNc3nsc4c(I)cccc34)cc2)cc1. The van der Waals surface area contributed by atoms with E-state index in [1.165, 1.54) is 19.8 Å². The number of hydrogen-bond donors (Lipinski definition) is 2. The largest absolute Gasteiger partial charge is 0.497 e. The van der Waals surface area contributed by atoms with Gasteiger partial charge < -0.3 is 15.4 Å². The maximum absolute atomic E-state index is 12.4. The molecule has 7 heteroatoms. The molecule has 0 radical (unpaired) electrons. The van der Waals surface area contributed by atoms with Crippen LogP contribution in [0.15, 0.2) is 66.7 Å². The third-order valence-electron chi connectivity index (χ3n) is 4.95. The van der Waals surface area contributed by atoms with E-state index in [1.54, 1.807) is 7.11 Å². The minimum atomic E-state index is -0.0602. The number of nitrogens with one attached hydrogen (secondary N) is 2. The normalized spacial score (nSPS) is 10.8. The summed E-state index contributed by atoms with van der Waals surface area (Å²) in [5, 5.41) is 7.51. The Morgan fingerprint density at radius 1 is 1.00 bits per heavy atom. The predicted octanol–water partition coefficient (Wildman–Crippen LogP) is 5.81. The molecule has 0 aliphatic heterocycles. The van der Waals surface area contributed by atoms with Crippen molar-refractivity contribution in [2.24, 2.45) is 0 Å². The van der Waals surface area contributed by atoms with Gasteiger partial charge >= 0.3 is 0 Å². The Labute approximate surface area is 199 Å². The van der Waals surface area contributed by atoms with Gasteiger partial charge in [-0.3, -0.25) is 4.79 Å². The molecule has 0 unspecified atom stereocenters. The van der Waals surface area contributed by atoms with Gasteiger partial charge in [-0.05, 0) is 88.1 Å². The Kier molecular flexibility index (Phi) is 7.03. The van der Waals surface area contributed by atoms with Crippen LogP contribution in [0.4, 0.5) is 5.82 Å². The number of halogens is 1. The van der Waals surface area contributed by atoms with Gasteiger partial charge in [0.2, 0.25) is 0 Å². The van der Waals surface area contributed by atoms with Gasteiger partial charge in [0.15, 0.2) is 0 Å². The first-order valence-electron chi connectivity index (χ1n) is 9.96. The molecule has 5 nitrogen and oxygen atoms in total. The number of carbonyl (C=O) groups excluding carboxylic acids is 1. The Morgan fingerprint density at radius 2 is 1.71 bits per heavy atom. The summed E-state index contributed by atoms with van der Waals surface area (Å²) in [7, 11) is 1.65. The number of anilines is 1. The van der Waals surface area contributed by atoms with Gasteiger partial charge in [-0.2, -0.15) is 4.37 Å². The lowest BCUT2D eigenvalue weighted by atomic mass is 10.0. The smallest absolute Gasteiger partial charge is 0.251 e. The van der Waals surface area contributed by atoms with Crippen molar-refractivity contribution in [3.8, 4) is 16.9 Å². The van der Waals surface area contributed by atoms with Crippen molar-refractivity contribution in [2.45, 2.75) is 6.42 Å². The van der Waals surface area contributed by atoms with E-state index >= 15 is 0 Å². The van der Waals surface area contributed by atoms with Crippen molar-refractivity contribution in [1.82, 2.24) is 9.69 Å². The zero-order valence-electron chi connectivity index (χ0n) is 17.0. The van der Waals surface area contributed by atoms with Gasteiger partial charge in [0.05, 0.1) is 11.8 Å². The average Bonchev–Trinajstić information content (AvgIpc) is 3.23. The van der Waals surface area contributed by atoms with E-state index in [1.807, 2.05) is 54.6 Å². The average molecular weight is 543 g/mol. The molecule has 3 aromatic carbocycles. The molecule has 2 N–H and O–H groups in total. The van der Waals surface area contributed by atoms with Crippen LogP contribution in [0.2, 0.25) is 0 Å². The Balaban J connectivity index is 1.25. The lowest BCUT2D eigenvalue weighted by Gasteiger charge is -2.08. The summed E-state index contributed by atoms with van der Waals surface area (Å²) in [6.45, 7) is 1.35. The third kappa shape index (κ3) is 5.16. The lowest BCUT2D eigenvalue weighted by Crippen LogP contribution is -2.25. The quantitative estimate of drug-likeness (QED) is 0.218. The Hall–Kier alpha value is -2.65. The molecule has 0 saturated heterocycles. The molecular weight excluding hydrogens is 521 g/mol. The number of fused-ring (bicyclic) bond motifs is 1. The van der Waals surface area contributed by atoms with Crippen LogP contribution < -0.4 is 15.4 Å². The predicted molar refractivity (Wildman–Crippen MR) is 136 cm³/mol. The fourth-order valence-electron chi connectivity index (χ4n) is 3.25. The van der Waals surface area contributed by atoms with Crippen molar-refractivity contribution in [1.29, 1.82) is 0 Å². The molecule has 0 bridgehead atoms. The molecule has 4 aromatic rings. The second-order valence-electron chi connectivity index (χ2n) is 6.99. The van der Waals surface area contributed by atoms with Gasteiger partial charge in [-0.25, -0.2) is 0 Å². The second-order valence-corrected chi connectivity index (χ2v) is 8.93. The topological polar surface area (TPSA) is 63.2 Å². The van der Waals surface area contributed by atoms with Crippen molar-refractivity contribution in [3.63, 3.8) is 0 Å². The maximum atomic E-state index is 12.4. The van der Waals surface area contributed by atoms with Crippen molar-refractivity contribution >= 4 is 55.9 Å².